The molecule has 0 aliphatic rings. The summed E-state index contributed by atoms with van der Waals surface area (Å²) in [5.41, 5.74) is 9.86. The van der Waals surface area contributed by atoms with Gasteiger partial charge in [-0.05, 0) is 34.9 Å². The fourth-order valence-corrected chi connectivity index (χ4v) is 1.80. The van der Waals surface area contributed by atoms with Gasteiger partial charge in [-0.3, -0.25) is 4.98 Å². The van der Waals surface area contributed by atoms with Gasteiger partial charge in [-0.2, -0.15) is 0 Å². The summed E-state index contributed by atoms with van der Waals surface area (Å²) in [6.45, 7) is 0.483. The lowest BCUT2D eigenvalue weighted by Crippen LogP contribution is -2.00. The van der Waals surface area contributed by atoms with Gasteiger partial charge in [-0.15, -0.1) is 0 Å². The Labute approximate surface area is 100 Å². The van der Waals surface area contributed by atoms with E-state index in [4.69, 9.17) is 5.73 Å². The second kappa shape index (κ2) is 5.01. The Morgan fingerprint density at radius 3 is 2.75 bits per heavy atom. The molecule has 3 N–H and O–H groups in total. The van der Waals surface area contributed by atoms with Crippen LogP contribution in [0.1, 0.15) is 5.56 Å². The maximum Gasteiger partial charge on any atom is 0.0483 e. The maximum absolute atomic E-state index is 5.68. The molecule has 0 radical (unpaired) electrons. The van der Waals surface area contributed by atoms with Crippen molar-refractivity contribution in [3.05, 3.63) is 48.3 Å². The van der Waals surface area contributed by atoms with Crippen LogP contribution in [0.15, 0.2) is 42.7 Å². The van der Waals surface area contributed by atoms with E-state index in [1.54, 1.807) is 6.20 Å². The molecule has 0 unspecified atom stereocenters. The quantitative estimate of drug-likeness (QED) is 0.711. The van der Waals surface area contributed by atoms with Crippen molar-refractivity contribution in [3.63, 3.8) is 0 Å². The van der Waals surface area contributed by atoms with Crippen molar-refractivity contribution in [2.45, 2.75) is 6.54 Å². The molecule has 0 spiro atoms. The Morgan fingerprint density at radius 1 is 1.25 bits per heavy atom. The van der Waals surface area contributed by atoms with Gasteiger partial charge in [0.15, 0.2) is 0 Å². The standard InChI is InChI=1S/C12H13N3S/c13-7-11-6-9(3-4-12(11)15-16)10-2-1-5-14-8-10/h1-6,8,15-16H,7,13H2. The predicted molar refractivity (Wildman–Crippen MR) is 70.2 cm³/mol. The molecule has 1 aromatic carbocycles. The number of aromatic nitrogens is 1. The lowest BCUT2D eigenvalue weighted by molar-refractivity contribution is 1.08. The van der Waals surface area contributed by atoms with Gasteiger partial charge in [0.2, 0.25) is 0 Å². The van der Waals surface area contributed by atoms with Gasteiger partial charge in [-0.25, -0.2) is 0 Å². The number of nitrogens with zero attached hydrogens (tertiary/aromatic N) is 1. The highest BCUT2D eigenvalue weighted by molar-refractivity contribution is 7.81. The molecule has 2 aromatic rings. The fourth-order valence-electron chi connectivity index (χ4n) is 1.58. The number of nitrogens with two attached hydrogens (primary N) is 1. The van der Waals surface area contributed by atoms with Crippen molar-refractivity contribution in [3.8, 4) is 11.1 Å². The predicted octanol–water partition coefficient (Wildman–Crippen LogP) is 2.46. The summed E-state index contributed by atoms with van der Waals surface area (Å²) in [6.07, 6.45) is 3.60. The minimum absolute atomic E-state index is 0.483. The van der Waals surface area contributed by atoms with Gasteiger partial charge in [0.25, 0.3) is 0 Å². The van der Waals surface area contributed by atoms with E-state index in [9.17, 15) is 0 Å². The topological polar surface area (TPSA) is 50.9 Å². The van der Waals surface area contributed by atoms with E-state index in [0.717, 1.165) is 22.4 Å². The van der Waals surface area contributed by atoms with Crippen molar-refractivity contribution < 1.29 is 0 Å². The molecule has 0 aliphatic heterocycles. The molecule has 0 amide bonds. The number of hydrogen-bond donors (Lipinski definition) is 3. The number of nitrogens with one attached hydrogen (secondary N) is 1. The molecule has 3 nitrogen and oxygen atoms in total. The minimum atomic E-state index is 0.483. The molecule has 0 saturated carbocycles. The second-order valence-corrected chi connectivity index (χ2v) is 3.65. The van der Waals surface area contributed by atoms with Crippen molar-refractivity contribution in [1.29, 1.82) is 0 Å². The van der Waals surface area contributed by atoms with Crippen LogP contribution < -0.4 is 10.5 Å². The Balaban J connectivity index is 2.44. The minimum Gasteiger partial charge on any atom is -0.332 e. The monoisotopic (exact) mass is 231 g/mol. The molecule has 2 rings (SSSR count). The molecular formula is C12H13N3S. The summed E-state index contributed by atoms with van der Waals surface area (Å²) in [7, 11) is 0. The highest BCUT2D eigenvalue weighted by Gasteiger charge is 2.03. The third-order valence-corrected chi connectivity index (χ3v) is 2.68. The number of hydrogen-bond acceptors (Lipinski definition) is 4. The summed E-state index contributed by atoms with van der Waals surface area (Å²) >= 11 is 4.04. The van der Waals surface area contributed by atoms with E-state index in [2.05, 4.69) is 28.6 Å². The first-order valence-corrected chi connectivity index (χ1v) is 5.43. The van der Waals surface area contributed by atoms with Crippen molar-refractivity contribution in [2.24, 2.45) is 5.73 Å². The average Bonchev–Trinajstić information content (AvgIpc) is 2.39. The zero-order valence-electron chi connectivity index (χ0n) is 8.72. The molecule has 4 heteroatoms. The number of pyridine rings is 1. The van der Waals surface area contributed by atoms with Gasteiger partial charge in [0.05, 0.1) is 0 Å². The number of thiol groups is 1. The SMILES string of the molecule is NCc1cc(-c2cccnc2)ccc1NS. The second-order valence-electron chi connectivity index (χ2n) is 3.43. The summed E-state index contributed by atoms with van der Waals surface area (Å²) in [6, 6.07) is 9.99. The van der Waals surface area contributed by atoms with E-state index >= 15 is 0 Å². The van der Waals surface area contributed by atoms with Gasteiger partial charge in [0.1, 0.15) is 0 Å². The van der Waals surface area contributed by atoms with Crippen LogP contribution in [0.5, 0.6) is 0 Å². The normalized spacial score (nSPS) is 10.1. The van der Waals surface area contributed by atoms with Crippen LogP contribution in [0.2, 0.25) is 0 Å². The third kappa shape index (κ3) is 2.18. The Morgan fingerprint density at radius 2 is 2.12 bits per heavy atom. The van der Waals surface area contributed by atoms with Crippen molar-refractivity contribution in [1.82, 2.24) is 4.98 Å². The van der Waals surface area contributed by atoms with E-state index in [1.807, 2.05) is 30.5 Å². The van der Waals surface area contributed by atoms with E-state index in [0.29, 0.717) is 6.54 Å². The molecular weight excluding hydrogens is 218 g/mol. The molecule has 0 fully saturated rings. The largest absolute Gasteiger partial charge is 0.332 e. The summed E-state index contributed by atoms with van der Waals surface area (Å²) in [5, 5.41) is 0. The van der Waals surface area contributed by atoms with Crippen LogP contribution in [0.4, 0.5) is 5.69 Å². The van der Waals surface area contributed by atoms with Crippen molar-refractivity contribution >= 4 is 18.5 Å². The van der Waals surface area contributed by atoms with Crippen LogP contribution in [0, 0.1) is 0 Å². The molecule has 16 heavy (non-hydrogen) atoms. The van der Waals surface area contributed by atoms with Gasteiger partial charge >= 0.3 is 0 Å². The van der Waals surface area contributed by atoms with Gasteiger partial charge < -0.3 is 10.5 Å². The smallest absolute Gasteiger partial charge is 0.0483 e. The summed E-state index contributed by atoms with van der Waals surface area (Å²) in [4.78, 5) is 4.10. The molecule has 1 aromatic heterocycles. The van der Waals surface area contributed by atoms with Crippen LogP contribution >= 0.6 is 12.8 Å². The molecule has 1 heterocycles. The highest BCUT2D eigenvalue weighted by Crippen LogP contribution is 2.24. The van der Waals surface area contributed by atoms with Gasteiger partial charge in [-0.1, -0.05) is 24.9 Å². The molecule has 0 saturated heterocycles. The number of rotatable bonds is 3. The van der Waals surface area contributed by atoms with E-state index < -0.39 is 0 Å². The lowest BCUT2D eigenvalue weighted by Gasteiger charge is -2.09. The summed E-state index contributed by atoms with van der Waals surface area (Å²) in [5.74, 6) is 0. The summed E-state index contributed by atoms with van der Waals surface area (Å²) < 4.78 is 2.82. The zero-order valence-corrected chi connectivity index (χ0v) is 9.61. The molecule has 0 bridgehead atoms. The van der Waals surface area contributed by atoms with Crippen LogP contribution in [-0.2, 0) is 6.54 Å². The lowest BCUT2D eigenvalue weighted by atomic mass is 10.0. The zero-order chi connectivity index (χ0) is 11.4. The first-order valence-electron chi connectivity index (χ1n) is 4.98. The fraction of sp³-hybridized carbons (Fsp3) is 0.0833. The first kappa shape index (κ1) is 11.0. The maximum atomic E-state index is 5.68. The average molecular weight is 231 g/mol. The van der Waals surface area contributed by atoms with Crippen molar-refractivity contribution in [2.75, 3.05) is 4.72 Å². The highest BCUT2D eigenvalue weighted by atomic mass is 32.1. The van der Waals surface area contributed by atoms with E-state index in [1.165, 1.54) is 0 Å². The van der Waals surface area contributed by atoms with Crippen LogP contribution in [0.3, 0.4) is 0 Å². The Bertz CT molecular complexity index is 471. The van der Waals surface area contributed by atoms with E-state index in [-0.39, 0.29) is 0 Å². The molecule has 82 valence electrons. The first-order chi connectivity index (χ1) is 7.85. The number of benzene rings is 1. The molecule has 0 atom stereocenters. The Hall–Kier alpha value is -1.52. The third-order valence-electron chi connectivity index (χ3n) is 2.44. The van der Waals surface area contributed by atoms with Gasteiger partial charge in [0, 0.05) is 24.6 Å². The Kier molecular flexibility index (Phi) is 3.44. The van der Waals surface area contributed by atoms with Crippen LogP contribution in [0.25, 0.3) is 11.1 Å². The molecule has 0 aliphatic carbocycles. The van der Waals surface area contributed by atoms with Crippen LogP contribution in [-0.4, -0.2) is 4.98 Å². The number of anilines is 1.